The molecule has 2 amide bonds. The van der Waals surface area contributed by atoms with Crippen LogP contribution in [-0.2, 0) is 16.1 Å². The van der Waals surface area contributed by atoms with Gasteiger partial charge in [0.05, 0.1) is 18.2 Å². The molecule has 5 rings (SSSR count). The molecule has 33 heavy (non-hydrogen) atoms. The van der Waals surface area contributed by atoms with Crippen molar-refractivity contribution in [2.75, 3.05) is 19.6 Å². The van der Waals surface area contributed by atoms with Crippen LogP contribution in [0.3, 0.4) is 0 Å². The largest absolute Gasteiger partial charge is 0.354 e. The number of hydrogen-bond donors (Lipinski definition) is 1. The third-order valence-electron chi connectivity index (χ3n) is 6.90. The van der Waals surface area contributed by atoms with Crippen molar-refractivity contribution in [1.82, 2.24) is 25.0 Å². The fraction of sp³-hybridized carbons (Fsp3) is 0.462. The molecule has 1 aliphatic carbocycles. The molecule has 2 aromatic heterocycles. The maximum absolute atomic E-state index is 13.3. The summed E-state index contributed by atoms with van der Waals surface area (Å²) in [4.78, 5) is 31.8. The number of likely N-dealkylation sites (tertiary alicyclic amines) is 1. The Balaban J connectivity index is 1.31. The summed E-state index contributed by atoms with van der Waals surface area (Å²) in [7, 11) is 0. The van der Waals surface area contributed by atoms with Crippen molar-refractivity contribution >= 4 is 22.8 Å². The molecule has 0 spiro atoms. The Kier molecular flexibility index (Phi) is 6.11. The molecular formula is C26H31N5O2. The van der Waals surface area contributed by atoms with Crippen LogP contribution >= 0.6 is 0 Å². The number of fused-ring (bicyclic) bond motifs is 1. The van der Waals surface area contributed by atoms with E-state index < -0.39 is 0 Å². The van der Waals surface area contributed by atoms with Gasteiger partial charge in [-0.1, -0.05) is 30.3 Å². The van der Waals surface area contributed by atoms with E-state index in [0.717, 1.165) is 54.5 Å². The third kappa shape index (κ3) is 4.63. The number of carbonyl (C=O) groups is 2. The van der Waals surface area contributed by atoms with Gasteiger partial charge in [0, 0.05) is 43.1 Å². The van der Waals surface area contributed by atoms with Crippen LogP contribution in [0.2, 0.25) is 0 Å². The maximum Gasteiger partial charge on any atom is 0.229 e. The van der Waals surface area contributed by atoms with Gasteiger partial charge in [0.25, 0.3) is 0 Å². The normalized spacial score (nSPS) is 19.4. The predicted molar refractivity (Wildman–Crippen MR) is 127 cm³/mol. The fourth-order valence-electron chi connectivity index (χ4n) is 4.82. The Morgan fingerprint density at radius 1 is 1.12 bits per heavy atom. The minimum absolute atomic E-state index is 0.147. The van der Waals surface area contributed by atoms with Gasteiger partial charge in [0.15, 0.2) is 5.65 Å². The summed E-state index contributed by atoms with van der Waals surface area (Å²) < 4.78 is 1.91. The SMILES string of the molecule is C[C@@H](C(=O)N1CCC[C@H](c2nn(CCNC(=O)C3CC3)c3ncccc23)C1)c1ccccc1. The molecule has 3 heterocycles. The van der Waals surface area contributed by atoms with Gasteiger partial charge in [-0.3, -0.25) is 9.59 Å². The monoisotopic (exact) mass is 445 g/mol. The van der Waals surface area contributed by atoms with Crippen molar-refractivity contribution in [3.8, 4) is 0 Å². The van der Waals surface area contributed by atoms with Gasteiger partial charge in [-0.15, -0.1) is 0 Å². The van der Waals surface area contributed by atoms with E-state index in [1.807, 2.05) is 52.9 Å². The molecule has 0 unspecified atom stereocenters. The number of pyridine rings is 1. The molecule has 0 radical (unpaired) electrons. The summed E-state index contributed by atoms with van der Waals surface area (Å²) in [6.07, 6.45) is 5.75. The molecule has 7 heteroatoms. The smallest absolute Gasteiger partial charge is 0.229 e. The maximum atomic E-state index is 13.3. The van der Waals surface area contributed by atoms with E-state index >= 15 is 0 Å². The van der Waals surface area contributed by atoms with Gasteiger partial charge in [0.1, 0.15) is 0 Å². The Bertz CT molecular complexity index is 1140. The highest BCUT2D eigenvalue weighted by Crippen LogP contribution is 2.32. The molecule has 2 atom stereocenters. The molecule has 3 aromatic rings. The molecule has 1 saturated carbocycles. The first kappa shape index (κ1) is 21.6. The molecule has 2 fully saturated rings. The van der Waals surface area contributed by atoms with Crippen molar-refractivity contribution in [1.29, 1.82) is 0 Å². The lowest BCUT2D eigenvalue weighted by Gasteiger charge is -2.34. The second kappa shape index (κ2) is 9.33. The van der Waals surface area contributed by atoms with E-state index in [-0.39, 0.29) is 29.6 Å². The second-order valence-corrected chi connectivity index (χ2v) is 9.30. The third-order valence-corrected chi connectivity index (χ3v) is 6.90. The van der Waals surface area contributed by atoms with Gasteiger partial charge >= 0.3 is 0 Å². The standard InChI is InChI=1S/C26H31N5O2/c1-18(19-7-3-2-4-8-19)26(33)30-15-6-9-21(17-30)23-22-10-5-13-27-24(22)31(29-23)16-14-28-25(32)20-11-12-20/h2-5,7-8,10,13,18,20-21H,6,9,11-12,14-17H2,1H3,(H,28,32)/t18-,21+/m1/s1. The number of nitrogens with zero attached hydrogens (tertiary/aromatic N) is 4. The molecule has 1 saturated heterocycles. The van der Waals surface area contributed by atoms with Crippen molar-refractivity contribution in [2.45, 2.75) is 51.0 Å². The number of rotatable bonds is 7. The van der Waals surface area contributed by atoms with Crippen LogP contribution in [0.15, 0.2) is 48.7 Å². The topological polar surface area (TPSA) is 80.1 Å². The summed E-state index contributed by atoms with van der Waals surface area (Å²) in [5.74, 6) is 0.553. The van der Waals surface area contributed by atoms with Crippen molar-refractivity contribution < 1.29 is 9.59 Å². The first-order valence-corrected chi connectivity index (χ1v) is 12.0. The average Bonchev–Trinajstić information content (AvgIpc) is 3.66. The van der Waals surface area contributed by atoms with Gasteiger partial charge < -0.3 is 10.2 Å². The van der Waals surface area contributed by atoms with Gasteiger partial charge in [-0.25, -0.2) is 9.67 Å². The number of amides is 2. The molecule has 0 bridgehead atoms. The first-order valence-electron chi connectivity index (χ1n) is 12.0. The molecule has 1 aliphatic heterocycles. The van der Waals surface area contributed by atoms with Gasteiger partial charge in [-0.2, -0.15) is 5.10 Å². The fourth-order valence-corrected chi connectivity index (χ4v) is 4.82. The molecule has 172 valence electrons. The van der Waals surface area contributed by atoms with Crippen LogP contribution in [0.25, 0.3) is 11.0 Å². The first-order chi connectivity index (χ1) is 16.1. The van der Waals surface area contributed by atoms with Crippen LogP contribution in [-0.4, -0.2) is 51.1 Å². The molecule has 2 aliphatic rings. The van der Waals surface area contributed by atoms with Crippen LogP contribution < -0.4 is 5.32 Å². The summed E-state index contributed by atoms with van der Waals surface area (Å²) in [6.45, 7) is 4.59. The lowest BCUT2D eigenvalue weighted by Crippen LogP contribution is -2.41. The summed E-state index contributed by atoms with van der Waals surface area (Å²) in [5.41, 5.74) is 2.91. The highest BCUT2D eigenvalue weighted by Gasteiger charge is 2.31. The van der Waals surface area contributed by atoms with E-state index in [1.165, 1.54) is 0 Å². The van der Waals surface area contributed by atoms with E-state index in [9.17, 15) is 9.59 Å². The lowest BCUT2D eigenvalue weighted by molar-refractivity contribution is -0.133. The van der Waals surface area contributed by atoms with E-state index in [4.69, 9.17) is 5.10 Å². The highest BCUT2D eigenvalue weighted by molar-refractivity contribution is 5.84. The lowest BCUT2D eigenvalue weighted by atomic mass is 9.91. The van der Waals surface area contributed by atoms with Crippen LogP contribution in [0.1, 0.15) is 55.7 Å². The van der Waals surface area contributed by atoms with E-state index in [2.05, 4.69) is 16.4 Å². The van der Waals surface area contributed by atoms with Gasteiger partial charge in [-0.05, 0) is 50.3 Å². The summed E-state index contributed by atoms with van der Waals surface area (Å²) >= 11 is 0. The number of nitrogens with one attached hydrogen (secondary N) is 1. The number of aromatic nitrogens is 3. The zero-order valence-corrected chi connectivity index (χ0v) is 19.1. The number of benzene rings is 1. The molecule has 1 aromatic carbocycles. The molecular weight excluding hydrogens is 414 g/mol. The van der Waals surface area contributed by atoms with Gasteiger partial charge in [0.2, 0.25) is 11.8 Å². The summed E-state index contributed by atoms with van der Waals surface area (Å²) in [6, 6.07) is 14.0. The minimum Gasteiger partial charge on any atom is -0.354 e. The zero-order valence-electron chi connectivity index (χ0n) is 19.1. The predicted octanol–water partition coefficient (Wildman–Crippen LogP) is 3.47. The Labute approximate surface area is 194 Å². The zero-order chi connectivity index (χ0) is 22.8. The minimum atomic E-state index is -0.156. The summed E-state index contributed by atoms with van der Waals surface area (Å²) in [5, 5.41) is 8.99. The molecule has 7 nitrogen and oxygen atoms in total. The van der Waals surface area contributed by atoms with Crippen LogP contribution in [0.5, 0.6) is 0 Å². The van der Waals surface area contributed by atoms with E-state index in [0.29, 0.717) is 19.6 Å². The Morgan fingerprint density at radius 3 is 2.73 bits per heavy atom. The number of carbonyl (C=O) groups excluding carboxylic acids is 2. The quantitative estimate of drug-likeness (QED) is 0.604. The Morgan fingerprint density at radius 2 is 1.94 bits per heavy atom. The average molecular weight is 446 g/mol. The van der Waals surface area contributed by atoms with Crippen molar-refractivity contribution in [2.24, 2.45) is 5.92 Å². The number of hydrogen-bond acceptors (Lipinski definition) is 4. The van der Waals surface area contributed by atoms with Crippen LogP contribution in [0.4, 0.5) is 0 Å². The molecule has 1 N–H and O–H groups in total. The highest BCUT2D eigenvalue weighted by atomic mass is 16.2. The van der Waals surface area contributed by atoms with E-state index in [1.54, 1.807) is 6.20 Å². The number of piperidine rings is 1. The van der Waals surface area contributed by atoms with Crippen molar-refractivity contribution in [3.05, 3.63) is 59.9 Å². The second-order valence-electron chi connectivity index (χ2n) is 9.30. The van der Waals surface area contributed by atoms with Crippen molar-refractivity contribution in [3.63, 3.8) is 0 Å². The van der Waals surface area contributed by atoms with Crippen LogP contribution in [0, 0.1) is 5.92 Å². The Hall–Kier alpha value is -3.22.